The van der Waals surface area contributed by atoms with Crippen LogP contribution >= 0.6 is 0 Å². The fourth-order valence-corrected chi connectivity index (χ4v) is 4.13. The molecule has 1 amide bonds. The SMILES string of the molecule is C[C@H]1CCCN([C@@]2(O)C(=O)N(Cc3ccccc3)c3ccccc32)C1. The number of carbonyl (C=O) groups excluding carboxylic acids is 1. The predicted molar refractivity (Wildman–Crippen MR) is 97.9 cm³/mol. The first-order valence-corrected chi connectivity index (χ1v) is 9.03. The molecule has 130 valence electrons. The molecule has 4 rings (SSSR count). The summed E-state index contributed by atoms with van der Waals surface area (Å²) in [6, 6.07) is 17.6. The van der Waals surface area contributed by atoms with Gasteiger partial charge < -0.3 is 10.0 Å². The summed E-state index contributed by atoms with van der Waals surface area (Å²) < 4.78 is 0. The van der Waals surface area contributed by atoms with Crippen LogP contribution in [0.3, 0.4) is 0 Å². The lowest BCUT2D eigenvalue weighted by atomic mass is 9.94. The van der Waals surface area contributed by atoms with Gasteiger partial charge in [-0.05, 0) is 30.4 Å². The van der Waals surface area contributed by atoms with Crippen molar-refractivity contribution in [2.45, 2.75) is 32.0 Å². The van der Waals surface area contributed by atoms with Gasteiger partial charge in [-0.15, -0.1) is 0 Å². The lowest BCUT2D eigenvalue weighted by Crippen LogP contribution is -2.55. The summed E-state index contributed by atoms with van der Waals surface area (Å²) in [7, 11) is 0. The van der Waals surface area contributed by atoms with E-state index in [9.17, 15) is 9.90 Å². The summed E-state index contributed by atoms with van der Waals surface area (Å²) in [4.78, 5) is 17.0. The van der Waals surface area contributed by atoms with Gasteiger partial charge in [0, 0.05) is 18.7 Å². The number of hydrogen-bond acceptors (Lipinski definition) is 3. The molecule has 4 nitrogen and oxygen atoms in total. The van der Waals surface area contributed by atoms with Crippen LogP contribution in [0.5, 0.6) is 0 Å². The largest absolute Gasteiger partial charge is 0.364 e. The number of likely N-dealkylation sites (tertiary alicyclic amines) is 1. The van der Waals surface area contributed by atoms with Crippen molar-refractivity contribution in [3.8, 4) is 0 Å². The smallest absolute Gasteiger partial charge is 0.279 e. The Morgan fingerprint density at radius 2 is 1.84 bits per heavy atom. The predicted octanol–water partition coefficient (Wildman–Crippen LogP) is 3.11. The molecule has 0 bridgehead atoms. The third-order valence-electron chi connectivity index (χ3n) is 5.41. The van der Waals surface area contributed by atoms with Crippen LogP contribution in [0, 0.1) is 5.92 Å². The van der Waals surface area contributed by atoms with Crippen molar-refractivity contribution < 1.29 is 9.90 Å². The molecule has 0 radical (unpaired) electrons. The molecule has 1 fully saturated rings. The number of anilines is 1. The summed E-state index contributed by atoms with van der Waals surface area (Å²) >= 11 is 0. The van der Waals surface area contributed by atoms with E-state index in [1.54, 1.807) is 4.90 Å². The van der Waals surface area contributed by atoms with Crippen molar-refractivity contribution >= 4 is 11.6 Å². The van der Waals surface area contributed by atoms with Gasteiger partial charge >= 0.3 is 0 Å². The Morgan fingerprint density at radius 3 is 2.60 bits per heavy atom. The summed E-state index contributed by atoms with van der Waals surface area (Å²) in [6.07, 6.45) is 2.16. The first-order chi connectivity index (χ1) is 12.1. The molecule has 0 aliphatic carbocycles. The van der Waals surface area contributed by atoms with Crippen molar-refractivity contribution in [2.75, 3.05) is 18.0 Å². The number of benzene rings is 2. The van der Waals surface area contributed by atoms with Crippen molar-refractivity contribution in [2.24, 2.45) is 5.92 Å². The van der Waals surface area contributed by atoms with Crippen LogP contribution in [0.15, 0.2) is 54.6 Å². The van der Waals surface area contributed by atoms with Gasteiger partial charge in [-0.2, -0.15) is 0 Å². The number of fused-ring (bicyclic) bond motifs is 1. The molecule has 2 aromatic rings. The van der Waals surface area contributed by atoms with E-state index in [2.05, 4.69) is 6.92 Å². The van der Waals surface area contributed by atoms with E-state index in [1.165, 1.54) is 0 Å². The molecule has 0 aromatic heterocycles. The van der Waals surface area contributed by atoms with Crippen LogP contribution in [0.4, 0.5) is 5.69 Å². The van der Waals surface area contributed by atoms with Gasteiger partial charge in [0.15, 0.2) is 0 Å². The molecule has 2 heterocycles. The molecule has 0 spiro atoms. The number of nitrogens with zero attached hydrogens (tertiary/aromatic N) is 2. The zero-order valence-electron chi connectivity index (χ0n) is 14.6. The van der Waals surface area contributed by atoms with Crippen LogP contribution in [-0.4, -0.2) is 29.0 Å². The highest BCUT2D eigenvalue weighted by molar-refractivity contribution is 6.06. The van der Waals surface area contributed by atoms with E-state index in [1.807, 2.05) is 59.5 Å². The Balaban J connectivity index is 1.73. The summed E-state index contributed by atoms with van der Waals surface area (Å²) in [5.41, 5.74) is 1.05. The number of piperidine rings is 1. The van der Waals surface area contributed by atoms with Gasteiger partial charge in [0.1, 0.15) is 0 Å². The van der Waals surface area contributed by atoms with Gasteiger partial charge in [-0.25, -0.2) is 0 Å². The van der Waals surface area contributed by atoms with E-state index in [-0.39, 0.29) is 5.91 Å². The molecule has 25 heavy (non-hydrogen) atoms. The molecule has 2 aromatic carbocycles. The van der Waals surface area contributed by atoms with Crippen molar-refractivity contribution in [3.63, 3.8) is 0 Å². The van der Waals surface area contributed by atoms with E-state index < -0.39 is 5.72 Å². The first-order valence-electron chi connectivity index (χ1n) is 9.03. The monoisotopic (exact) mass is 336 g/mol. The third kappa shape index (κ3) is 2.66. The number of aliphatic hydroxyl groups is 1. The maximum Gasteiger partial charge on any atom is 0.279 e. The minimum Gasteiger partial charge on any atom is -0.364 e. The highest BCUT2D eigenvalue weighted by atomic mass is 16.3. The second-order valence-corrected chi connectivity index (χ2v) is 7.26. The Kier molecular flexibility index (Phi) is 4.10. The molecule has 1 saturated heterocycles. The quantitative estimate of drug-likeness (QED) is 0.937. The third-order valence-corrected chi connectivity index (χ3v) is 5.41. The molecule has 2 aliphatic heterocycles. The maximum absolute atomic E-state index is 13.3. The van der Waals surface area contributed by atoms with Crippen molar-refractivity contribution in [1.82, 2.24) is 4.90 Å². The van der Waals surface area contributed by atoms with Gasteiger partial charge in [-0.1, -0.05) is 55.5 Å². The van der Waals surface area contributed by atoms with Gasteiger partial charge in [0.05, 0.1) is 12.2 Å². The Bertz CT molecular complexity index is 776. The zero-order valence-corrected chi connectivity index (χ0v) is 14.6. The van der Waals surface area contributed by atoms with Gasteiger partial charge in [0.25, 0.3) is 5.91 Å². The second kappa shape index (κ2) is 6.28. The van der Waals surface area contributed by atoms with E-state index in [4.69, 9.17) is 0 Å². The van der Waals surface area contributed by atoms with E-state index >= 15 is 0 Å². The maximum atomic E-state index is 13.3. The van der Waals surface area contributed by atoms with Crippen molar-refractivity contribution in [1.29, 1.82) is 0 Å². The van der Waals surface area contributed by atoms with E-state index in [0.29, 0.717) is 18.0 Å². The minimum absolute atomic E-state index is 0.230. The lowest BCUT2D eigenvalue weighted by molar-refractivity contribution is -0.165. The van der Waals surface area contributed by atoms with Crippen LogP contribution in [0.1, 0.15) is 30.9 Å². The fourth-order valence-electron chi connectivity index (χ4n) is 4.13. The molecule has 4 heteroatoms. The molecule has 2 atom stereocenters. The average molecular weight is 336 g/mol. The summed E-state index contributed by atoms with van der Waals surface area (Å²) in [5, 5.41) is 11.5. The molecule has 1 N–H and O–H groups in total. The molecule has 0 saturated carbocycles. The Hall–Kier alpha value is -2.17. The molecule has 2 aliphatic rings. The number of carbonyl (C=O) groups is 1. The number of amides is 1. The van der Waals surface area contributed by atoms with Crippen LogP contribution in [-0.2, 0) is 17.1 Å². The van der Waals surface area contributed by atoms with Crippen LogP contribution in [0.25, 0.3) is 0 Å². The number of para-hydroxylation sites is 1. The topological polar surface area (TPSA) is 43.8 Å². The van der Waals surface area contributed by atoms with Crippen LogP contribution < -0.4 is 4.90 Å². The second-order valence-electron chi connectivity index (χ2n) is 7.26. The molecular formula is C21H24N2O2. The molecule has 0 unspecified atom stereocenters. The number of rotatable bonds is 3. The highest BCUT2D eigenvalue weighted by Crippen LogP contribution is 2.44. The van der Waals surface area contributed by atoms with Gasteiger partial charge in [0.2, 0.25) is 5.72 Å². The lowest BCUT2D eigenvalue weighted by Gasteiger charge is -2.40. The normalized spacial score (nSPS) is 26.7. The average Bonchev–Trinajstić information content (AvgIpc) is 2.86. The Labute approximate surface area is 148 Å². The molecular weight excluding hydrogens is 312 g/mol. The van der Waals surface area contributed by atoms with Crippen molar-refractivity contribution in [3.05, 3.63) is 65.7 Å². The number of hydrogen-bond donors (Lipinski definition) is 1. The van der Waals surface area contributed by atoms with Crippen LogP contribution in [0.2, 0.25) is 0 Å². The Morgan fingerprint density at radius 1 is 1.12 bits per heavy atom. The zero-order chi connectivity index (χ0) is 17.4. The summed E-state index contributed by atoms with van der Waals surface area (Å²) in [5.74, 6) is 0.257. The fraction of sp³-hybridized carbons (Fsp3) is 0.381. The summed E-state index contributed by atoms with van der Waals surface area (Å²) in [6.45, 7) is 4.15. The van der Waals surface area contributed by atoms with E-state index in [0.717, 1.165) is 37.2 Å². The standard InChI is InChI=1S/C21H24N2O2/c1-16-8-7-13-22(14-16)21(25)18-11-5-6-12-19(18)23(20(21)24)15-17-9-3-2-4-10-17/h2-6,9-12,16,25H,7-8,13-15H2,1H3/t16-,21-/m0/s1. The highest BCUT2D eigenvalue weighted by Gasteiger charge is 2.54. The van der Waals surface area contributed by atoms with Gasteiger partial charge in [-0.3, -0.25) is 9.69 Å². The first kappa shape index (κ1) is 16.3. The minimum atomic E-state index is -1.54.